The van der Waals surface area contributed by atoms with Gasteiger partial charge >= 0.3 is 0 Å². The first-order valence-electron chi connectivity index (χ1n) is 5.19. The Hall–Kier alpha value is -1.95. The Morgan fingerprint density at radius 2 is 2.29 bits per heavy atom. The number of methoxy groups -OCH3 is 1. The van der Waals surface area contributed by atoms with Gasteiger partial charge in [-0.05, 0) is 13.0 Å². The van der Waals surface area contributed by atoms with Gasteiger partial charge in [0.25, 0.3) is 5.89 Å². The lowest BCUT2D eigenvalue weighted by Gasteiger charge is -2.03. The zero-order valence-electron chi connectivity index (χ0n) is 9.62. The highest BCUT2D eigenvalue weighted by atomic mass is 16.5. The quantitative estimate of drug-likeness (QED) is 0.863. The van der Waals surface area contributed by atoms with Crippen molar-refractivity contribution in [2.75, 3.05) is 7.11 Å². The molecule has 0 aromatic carbocycles. The molecular formula is C11H13N3O3. The van der Waals surface area contributed by atoms with Crippen LogP contribution in [-0.2, 0) is 11.2 Å². The monoisotopic (exact) mass is 235 g/mol. The third kappa shape index (κ3) is 2.79. The van der Waals surface area contributed by atoms with E-state index in [1.54, 1.807) is 13.3 Å². The van der Waals surface area contributed by atoms with Crippen molar-refractivity contribution in [3.05, 3.63) is 24.3 Å². The van der Waals surface area contributed by atoms with E-state index in [1.165, 1.54) is 12.3 Å². The number of nitrogens with zero attached hydrogens (tertiary/aromatic N) is 3. The molecule has 2 rings (SSSR count). The van der Waals surface area contributed by atoms with Gasteiger partial charge in [-0.25, -0.2) is 0 Å². The third-order valence-electron chi connectivity index (χ3n) is 2.31. The largest absolute Gasteiger partial charge is 0.506 e. The summed E-state index contributed by atoms with van der Waals surface area (Å²) in [6, 6.07) is 1.52. The lowest BCUT2D eigenvalue weighted by molar-refractivity contribution is 0.116. The van der Waals surface area contributed by atoms with Crippen molar-refractivity contribution in [3.8, 4) is 17.2 Å². The van der Waals surface area contributed by atoms with E-state index in [9.17, 15) is 5.11 Å². The third-order valence-corrected chi connectivity index (χ3v) is 2.31. The summed E-state index contributed by atoms with van der Waals surface area (Å²) in [7, 11) is 1.63. The molecule has 0 fully saturated rings. The average molecular weight is 235 g/mol. The van der Waals surface area contributed by atoms with Gasteiger partial charge in [0.1, 0.15) is 5.75 Å². The second kappa shape index (κ2) is 4.92. The van der Waals surface area contributed by atoms with Crippen LogP contribution in [0, 0.1) is 0 Å². The number of aromatic hydroxyl groups is 1. The summed E-state index contributed by atoms with van der Waals surface area (Å²) in [6.07, 6.45) is 3.50. The number of hydrogen-bond acceptors (Lipinski definition) is 6. The van der Waals surface area contributed by atoms with E-state index in [4.69, 9.17) is 9.26 Å². The van der Waals surface area contributed by atoms with E-state index in [0.29, 0.717) is 23.7 Å². The van der Waals surface area contributed by atoms with Crippen molar-refractivity contribution in [1.82, 2.24) is 15.1 Å². The minimum Gasteiger partial charge on any atom is -0.506 e. The van der Waals surface area contributed by atoms with E-state index in [0.717, 1.165) is 0 Å². The minimum absolute atomic E-state index is 0.0303. The van der Waals surface area contributed by atoms with Crippen molar-refractivity contribution in [2.24, 2.45) is 0 Å². The lowest BCUT2D eigenvalue weighted by Crippen LogP contribution is -2.09. The van der Waals surface area contributed by atoms with Gasteiger partial charge in [-0.15, -0.1) is 0 Å². The highest BCUT2D eigenvalue weighted by Gasteiger charge is 2.12. The van der Waals surface area contributed by atoms with Crippen molar-refractivity contribution in [2.45, 2.75) is 19.4 Å². The smallest absolute Gasteiger partial charge is 0.259 e. The van der Waals surface area contributed by atoms with Crippen molar-refractivity contribution in [3.63, 3.8) is 0 Å². The lowest BCUT2D eigenvalue weighted by atomic mass is 10.2. The Bertz CT molecular complexity index is 498. The molecule has 0 amide bonds. The van der Waals surface area contributed by atoms with Crippen LogP contribution in [0.15, 0.2) is 23.0 Å². The first-order valence-corrected chi connectivity index (χ1v) is 5.19. The topological polar surface area (TPSA) is 81.3 Å². The van der Waals surface area contributed by atoms with Crippen LogP contribution in [0.3, 0.4) is 0 Å². The molecule has 90 valence electrons. The molecule has 2 heterocycles. The first kappa shape index (κ1) is 11.5. The molecule has 0 aliphatic heterocycles. The van der Waals surface area contributed by atoms with Gasteiger partial charge in [0.05, 0.1) is 17.9 Å². The molecule has 0 aliphatic carbocycles. The zero-order chi connectivity index (χ0) is 12.3. The molecule has 0 aliphatic rings. The molecule has 17 heavy (non-hydrogen) atoms. The second-order valence-corrected chi connectivity index (χ2v) is 3.70. The first-order chi connectivity index (χ1) is 8.19. The molecule has 0 saturated carbocycles. The fourth-order valence-electron chi connectivity index (χ4n) is 1.34. The number of pyridine rings is 1. The summed E-state index contributed by atoms with van der Waals surface area (Å²) < 4.78 is 10.2. The Kier molecular flexibility index (Phi) is 3.34. The highest BCUT2D eigenvalue weighted by Crippen LogP contribution is 2.20. The van der Waals surface area contributed by atoms with Gasteiger partial charge in [-0.2, -0.15) is 4.98 Å². The summed E-state index contributed by atoms with van der Waals surface area (Å²) in [5.74, 6) is 0.969. The maximum atomic E-state index is 9.29. The maximum absolute atomic E-state index is 9.29. The number of hydrogen-bond donors (Lipinski definition) is 1. The van der Waals surface area contributed by atoms with E-state index in [-0.39, 0.29) is 11.9 Å². The highest BCUT2D eigenvalue weighted by molar-refractivity contribution is 5.53. The SMILES string of the molecule is COC(C)Cc1noc(-c2cncc(O)c2)n1. The van der Waals surface area contributed by atoms with Crippen LogP contribution in [0.2, 0.25) is 0 Å². The van der Waals surface area contributed by atoms with Crippen LogP contribution in [0.5, 0.6) is 5.75 Å². The van der Waals surface area contributed by atoms with Crippen molar-refractivity contribution in [1.29, 1.82) is 0 Å². The van der Waals surface area contributed by atoms with Crippen molar-refractivity contribution < 1.29 is 14.4 Å². The Balaban J connectivity index is 2.18. The molecule has 1 N–H and O–H groups in total. The summed E-state index contributed by atoms with van der Waals surface area (Å²) in [5, 5.41) is 13.1. The maximum Gasteiger partial charge on any atom is 0.259 e. The Labute approximate surface area is 98.3 Å². The zero-order valence-corrected chi connectivity index (χ0v) is 9.62. The Morgan fingerprint density at radius 1 is 1.47 bits per heavy atom. The molecule has 2 aromatic heterocycles. The normalized spacial score (nSPS) is 12.6. The van der Waals surface area contributed by atoms with Crippen LogP contribution in [0.4, 0.5) is 0 Å². The van der Waals surface area contributed by atoms with Crippen molar-refractivity contribution >= 4 is 0 Å². The predicted octanol–water partition coefficient (Wildman–Crippen LogP) is 1.41. The second-order valence-electron chi connectivity index (χ2n) is 3.70. The predicted molar refractivity (Wildman–Crippen MR) is 59.4 cm³/mol. The van der Waals surface area contributed by atoms with E-state index < -0.39 is 0 Å². The van der Waals surface area contributed by atoms with Gasteiger partial charge in [-0.1, -0.05) is 5.16 Å². The number of aromatic nitrogens is 3. The molecule has 6 heteroatoms. The summed E-state index contributed by atoms with van der Waals surface area (Å²) >= 11 is 0. The van der Waals surface area contributed by atoms with Gasteiger partial charge in [0, 0.05) is 19.7 Å². The fraction of sp³-hybridized carbons (Fsp3) is 0.364. The Morgan fingerprint density at radius 3 is 3.00 bits per heavy atom. The van der Waals surface area contributed by atoms with Gasteiger partial charge < -0.3 is 14.4 Å². The van der Waals surface area contributed by atoms with E-state index in [1.807, 2.05) is 6.92 Å². The summed E-state index contributed by atoms with van der Waals surface area (Å²) in [6.45, 7) is 1.92. The number of ether oxygens (including phenoxy) is 1. The molecule has 0 radical (unpaired) electrons. The molecule has 1 atom stereocenters. The molecule has 2 aromatic rings. The molecule has 6 nitrogen and oxygen atoms in total. The summed E-state index contributed by atoms with van der Waals surface area (Å²) in [4.78, 5) is 8.05. The summed E-state index contributed by atoms with van der Waals surface area (Å²) in [5.41, 5.74) is 0.591. The molecule has 0 saturated heterocycles. The average Bonchev–Trinajstić information content (AvgIpc) is 2.77. The number of rotatable bonds is 4. The van der Waals surface area contributed by atoms with Crippen LogP contribution < -0.4 is 0 Å². The van der Waals surface area contributed by atoms with E-state index in [2.05, 4.69) is 15.1 Å². The van der Waals surface area contributed by atoms with E-state index >= 15 is 0 Å². The molecule has 0 bridgehead atoms. The van der Waals surface area contributed by atoms with Crippen LogP contribution in [0.25, 0.3) is 11.5 Å². The van der Waals surface area contributed by atoms with Gasteiger partial charge in [0.15, 0.2) is 5.82 Å². The molecular weight excluding hydrogens is 222 g/mol. The molecule has 1 unspecified atom stereocenters. The van der Waals surface area contributed by atoms with Crippen LogP contribution >= 0.6 is 0 Å². The van der Waals surface area contributed by atoms with Crippen LogP contribution in [-0.4, -0.2) is 33.4 Å². The minimum atomic E-state index is 0.0303. The van der Waals surface area contributed by atoms with Gasteiger partial charge in [0.2, 0.25) is 0 Å². The van der Waals surface area contributed by atoms with Gasteiger partial charge in [-0.3, -0.25) is 4.98 Å². The molecule has 0 spiro atoms. The fourth-order valence-corrected chi connectivity index (χ4v) is 1.34. The van der Waals surface area contributed by atoms with Crippen LogP contribution in [0.1, 0.15) is 12.7 Å². The standard InChI is InChI=1S/C11H13N3O3/c1-7(16-2)3-10-13-11(17-14-10)8-4-9(15)6-12-5-8/h4-7,15H,3H2,1-2H3.